The minimum Gasteiger partial charge on any atom is -0.385 e. The van der Waals surface area contributed by atoms with Gasteiger partial charge in [0.25, 0.3) is 0 Å². The molecule has 170 valence electrons. The fourth-order valence-electron chi connectivity index (χ4n) is 4.10. The maximum Gasteiger partial charge on any atom is 0.243 e. The van der Waals surface area contributed by atoms with E-state index in [1.165, 1.54) is 11.1 Å². The first-order valence-electron chi connectivity index (χ1n) is 11.5. The van der Waals surface area contributed by atoms with Crippen molar-refractivity contribution in [3.8, 4) is 0 Å². The quantitative estimate of drug-likeness (QED) is 0.419. The molecule has 2 N–H and O–H groups in total. The smallest absolute Gasteiger partial charge is 0.243 e. The van der Waals surface area contributed by atoms with Crippen LogP contribution in [0.4, 0.5) is 0 Å². The van der Waals surface area contributed by atoms with Crippen LogP contribution in [0.3, 0.4) is 0 Å². The Morgan fingerprint density at radius 3 is 1.75 bits per heavy atom. The average Bonchev–Trinajstić information content (AvgIpc) is 3.63. The van der Waals surface area contributed by atoms with Crippen molar-refractivity contribution in [2.45, 2.75) is 56.7 Å². The molecule has 2 aliphatic rings. The van der Waals surface area contributed by atoms with Gasteiger partial charge in [0, 0.05) is 26.6 Å². The summed E-state index contributed by atoms with van der Waals surface area (Å²) < 4.78 is 10.3. The van der Waals surface area contributed by atoms with Gasteiger partial charge in [-0.3, -0.25) is 9.59 Å². The van der Waals surface area contributed by atoms with E-state index in [0.717, 1.165) is 50.0 Å². The van der Waals surface area contributed by atoms with Crippen LogP contribution in [0.1, 0.15) is 35.1 Å². The maximum absolute atomic E-state index is 12.6. The van der Waals surface area contributed by atoms with Gasteiger partial charge < -0.3 is 20.1 Å². The zero-order chi connectivity index (χ0) is 22.3. The highest BCUT2D eigenvalue weighted by molar-refractivity contribution is 5.97. The minimum atomic E-state index is -0.537. The fraction of sp³-hybridized carbons (Fsp3) is 0.462. The number of benzene rings is 2. The van der Waals surface area contributed by atoms with E-state index in [1.54, 1.807) is 7.11 Å². The summed E-state index contributed by atoms with van der Waals surface area (Å²) in [4.78, 5) is 25.3. The number of rotatable bonds is 11. The number of piperazine rings is 1. The number of aryl methyl sites for hydroxylation is 2. The molecule has 2 amide bonds. The summed E-state index contributed by atoms with van der Waals surface area (Å²) in [5.74, 6) is -0.249. The zero-order valence-corrected chi connectivity index (χ0v) is 18.6. The van der Waals surface area contributed by atoms with Crippen LogP contribution < -0.4 is 10.6 Å². The average molecular weight is 437 g/mol. The Morgan fingerprint density at radius 2 is 1.28 bits per heavy atom. The molecule has 2 aliphatic heterocycles. The van der Waals surface area contributed by atoms with E-state index in [1.807, 2.05) is 24.3 Å². The highest BCUT2D eigenvalue weighted by Crippen LogP contribution is 2.18. The molecule has 6 heteroatoms. The first-order chi connectivity index (χ1) is 15.6. The van der Waals surface area contributed by atoms with E-state index in [0.29, 0.717) is 18.9 Å². The first kappa shape index (κ1) is 22.5. The van der Waals surface area contributed by atoms with Crippen molar-refractivity contribution in [3.05, 3.63) is 70.8 Å². The standard InChI is InChI=1S/C26H32N2O4/c1-31-14-2-3-18-4-8-20(9-5-18)15-23-25(29)28-24(26(30)27-23)16-21-10-6-19(7-11-21)12-13-22-17-32-22/h4-11,22-24H,2-3,12-17H2,1H3,(H,27,30)(H,28,29). The van der Waals surface area contributed by atoms with Crippen molar-refractivity contribution >= 4 is 11.8 Å². The Labute approximate surface area is 189 Å². The SMILES string of the molecule is COCCCc1ccc(CC2NC(=O)C(Cc3ccc(CCC4CO4)cc3)NC2=O)cc1. The largest absolute Gasteiger partial charge is 0.385 e. The lowest BCUT2D eigenvalue weighted by molar-refractivity contribution is -0.136. The van der Waals surface area contributed by atoms with Crippen LogP contribution in [0.2, 0.25) is 0 Å². The van der Waals surface area contributed by atoms with E-state index in [4.69, 9.17) is 9.47 Å². The molecule has 6 nitrogen and oxygen atoms in total. The number of methoxy groups -OCH3 is 1. The van der Waals surface area contributed by atoms with Crippen LogP contribution in [-0.4, -0.2) is 50.3 Å². The normalized spacial score (nSPS) is 22.3. The monoisotopic (exact) mass is 436 g/mol. The van der Waals surface area contributed by atoms with Gasteiger partial charge in [0.05, 0.1) is 12.7 Å². The highest BCUT2D eigenvalue weighted by Gasteiger charge is 2.33. The summed E-state index contributed by atoms with van der Waals surface area (Å²) in [5.41, 5.74) is 4.59. The molecule has 4 rings (SSSR count). The third-order valence-corrected chi connectivity index (χ3v) is 6.16. The molecule has 0 aliphatic carbocycles. The predicted molar refractivity (Wildman–Crippen MR) is 122 cm³/mol. The van der Waals surface area contributed by atoms with Crippen molar-refractivity contribution in [1.82, 2.24) is 10.6 Å². The number of carbonyl (C=O) groups excluding carboxylic acids is 2. The van der Waals surface area contributed by atoms with Crippen LogP contribution in [-0.2, 0) is 44.7 Å². The lowest BCUT2D eigenvalue weighted by Gasteiger charge is -2.30. The zero-order valence-electron chi connectivity index (χ0n) is 18.6. The Morgan fingerprint density at radius 1 is 0.812 bits per heavy atom. The molecule has 0 bridgehead atoms. The van der Waals surface area contributed by atoms with Crippen LogP contribution in [0, 0.1) is 0 Å². The van der Waals surface area contributed by atoms with E-state index in [-0.39, 0.29) is 11.8 Å². The van der Waals surface area contributed by atoms with Crippen molar-refractivity contribution < 1.29 is 19.1 Å². The van der Waals surface area contributed by atoms with Crippen LogP contribution in [0.25, 0.3) is 0 Å². The number of hydrogen-bond donors (Lipinski definition) is 2. The topological polar surface area (TPSA) is 80.0 Å². The lowest BCUT2D eigenvalue weighted by Crippen LogP contribution is -2.62. The summed E-state index contributed by atoms with van der Waals surface area (Å²) in [6, 6.07) is 15.4. The Hall–Kier alpha value is -2.70. The molecule has 2 aromatic rings. The molecule has 2 aromatic carbocycles. The third kappa shape index (κ3) is 6.40. The number of ether oxygens (including phenoxy) is 2. The minimum absolute atomic E-state index is 0.124. The molecule has 32 heavy (non-hydrogen) atoms. The second-order valence-corrected chi connectivity index (χ2v) is 8.75. The molecular formula is C26H32N2O4. The van der Waals surface area contributed by atoms with Crippen molar-refractivity contribution in [2.75, 3.05) is 20.3 Å². The number of epoxide rings is 1. The fourth-order valence-corrected chi connectivity index (χ4v) is 4.10. The van der Waals surface area contributed by atoms with E-state index in [9.17, 15) is 9.59 Å². The molecule has 2 fully saturated rings. The third-order valence-electron chi connectivity index (χ3n) is 6.16. The van der Waals surface area contributed by atoms with Gasteiger partial charge in [0.1, 0.15) is 12.1 Å². The van der Waals surface area contributed by atoms with E-state index < -0.39 is 12.1 Å². The van der Waals surface area contributed by atoms with Gasteiger partial charge in [-0.15, -0.1) is 0 Å². The van der Waals surface area contributed by atoms with Gasteiger partial charge in [-0.05, 0) is 47.9 Å². The molecule has 3 unspecified atom stereocenters. The van der Waals surface area contributed by atoms with Crippen LogP contribution in [0.15, 0.2) is 48.5 Å². The van der Waals surface area contributed by atoms with E-state index >= 15 is 0 Å². The van der Waals surface area contributed by atoms with E-state index in [2.05, 4.69) is 34.9 Å². The molecule has 0 aromatic heterocycles. The summed E-state index contributed by atoms with van der Waals surface area (Å²) >= 11 is 0. The number of nitrogens with one attached hydrogen (secondary N) is 2. The summed E-state index contributed by atoms with van der Waals surface area (Å²) in [7, 11) is 1.71. The Bertz CT molecular complexity index is 906. The second kappa shape index (κ2) is 10.7. The predicted octanol–water partition coefficient (Wildman–Crippen LogP) is 2.37. The molecular weight excluding hydrogens is 404 g/mol. The van der Waals surface area contributed by atoms with Crippen LogP contribution >= 0.6 is 0 Å². The van der Waals surface area contributed by atoms with Gasteiger partial charge in [0.2, 0.25) is 11.8 Å². The number of carbonyl (C=O) groups is 2. The van der Waals surface area contributed by atoms with Gasteiger partial charge in [-0.2, -0.15) is 0 Å². The summed E-state index contributed by atoms with van der Waals surface area (Å²) in [6.07, 6.45) is 5.42. The second-order valence-electron chi connectivity index (χ2n) is 8.75. The maximum atomic E-state index is 12.6. The molecule has 0 saturated carbocycles. The van der Waals surface area contributed by atoms with Gasteiger partial charge in [-0.1, -0.05) is 48.5 Å². The Kier molecular flexibility index (Phi) is 7.55. The first-order valence-corrected chi connectivity index (χ1v) is 11.5. The van der Waals surface area contributed by atoms with Gasteiger partial charge in [-0.25, -0.2) is 0 Å². The van der Waals surface area contributed by atoms with Crippen molar-refractivity contribution in [2.24, 2.45) is 0 Å². The van der Waals surface area contributed by atoms with Crippen molar-refractivity contribution in [3.63, 3.8) is 0 Å². The summed E-state index contributed by atoms with van der Waals surface area (Å²) in [6.45, 7) is 1.63. The molecule has 3 atom stereocenters. The van der Waals surface area contributed by atoms with Gasteiger partial charge in [0.15, 0.2) is 0 Å². The molecule has 0 radical (unpaired) electrons. The highest BCUT2D eigenvalue weighted by atomic mass is 16.6. The Balaban J connectivity index is 1.26. The number of hydrogen-bond acceptors (Lipinski definition) is 4. The lowest BCUT2D eigenvalue weighted by atomic mass is 9.97. The van der Waals surface area contributed by atoms with Crippen molar-refractivity contribution in [1.29, 1.82) is 0 Å². The molecule has 2 saturated heterocycles. The molecule has 0 spiro atoms. The summed E-state index contributed by atoms with van der Waals surface area (Å²) in [5, 5.41) is 5.82. The molecule has 2 heterocycles. The van der Waals surface area contributed by atoms with Gasteiger partial charge >= 0.3 is 0 Å². The van der Waals surface area contributed by atoms with Crippen LogP contribution in [0.5, 0.6) is 0 Å². The number of amides is 2.